The largest absolute Gasteiger partial charge is 0.507 e. The maximum atomic E-state index is 13.4. The highest BCUT2D eigenvalue weighted by molar-refractivity contribution is 6.16. The Morgan fingerprint density at radius 2 is 1.65 bits per heavy atom. The minimum atomic E-state index is -0.409. The van der Waals surface area contributed by atoms with E-state index in [0.29, 0.717) is 33.4 Å². The van der Waals surface area contributed by atoms with Crippen molar-refractivity contribution in [2.45, 2.75) is 13.8 Å². The fraction of sp³-hybridized carbons (Fsp3) is 0.0769. The zero-order chi connectivity index (χ0) is 23.8. The number of aromatic nitrogens is 3. The predicted molar refractivity (Wildman–Crippen MR) is 134 cm³/mol. The second-order valence-electron chi connectivity index (χ2n) is 8.09. The molecule has 168 valence electrons. The average molecular weight is 451 g/mol. The first kappa shape index (κ1) is 21.1. The van der Waals surface area contributed by atoms with Crippen molar-refractivity contribution in [3.8, 4) is 5.75 Å². The first-order chi connectivity index (χ1) is 16.4. The molecule has 8 nitrogen and oxygen atoms in total. The second-order valence-corrected chi connectivity index (χ2v) is 8.09. The molecular weight excluding hydrogens is 428 g/mol. The zero-order valence-electron chi connectivity index (χ0n) is 18.6. The molecule has 3 aromatic carbocycles. The van der Waals surface area contributed by atoms with E-state index in [1.54, 1.807) is 24.3 Å². The molecule has 34 heavy (non-hydrogen) atoms. The maximum absolute atomic E-state index is 13.4. The molecular formula is C26H22N6O2. The smallest absolute Gasteiger partial charge is 0.261 e. The Kier molecular flexibility index (Phi) is 5.18. The summed E-state index contributed by atoms with van der Waals surface area (Å²) in [6.45, 7) is 3.93. The first-order valence-electron chi connectivity index (χ1n) is 10.7. The molecule has 4 N–H and O–H groups in total. The van der Waals surface area contributed by atoms with Crippen molar-refractivity contribution in [2.75, 3.05) is 11.1 Å². The second kappa shape index (κ2) is 8.32. The van der Waals surface area contributed by atoms with Gasteiger partial charge in [0.15, 0.2) is 5.65 Å². The molecule has 0 aliphatic heterocycles. The third-order valence-electron chi connectivity index (χ3n) is 5.43. The summed E-state index contributed by atoms with van der Waals surface area (Å²) >= 11 is 0. The summed E-state index contributed by atoms with van der Waals surface area (Å²) in [5.74, 6) is -0.238. The molecule has 0 unspecified atom stereocenters. The highest BCUT2D eigenvalue weighted by Crippen LogP contribution is 2.29. The van der Waals surface area contributed by atoms with Gasteiger partial charge in [0.1, 0.15) is 22.6 Å². The minimum Gasteiger partial charge on any atom is -0.507 e. The van der Waals surface area contributed by atoms with Gasteiger partial charge in [-0.05, 0) is 61.4 Å². The Morgan fingerprint density at radius 3 is 2.35 bits per heavy atom. The van der Waals surface area contributed by atoms with Crippen LogP contribution in [-0.2, 0) is 0 Å². The van der Waals surface area contributed by atoms with Crippen molar-refractivity contribution in [3.05, 3.63) is 89.0 Å². The monoisotopic (exact) mass is 450 g/mol. The summed E-state index contributed by atoms with van der Waals surface area (Å²) in [5.41, 5.74) is 11.8. The number of anilines is 2. The lowest BCUT2D eigenvalue weighted by atomic mass is 10.1. The molecule has 0 spiro atoms. The van der Waals surface area contributed by atoms with Gasteiger partial charge in [0.05, 0.1) is 17.2 Å². The number of nitrogens with one attached hydrogen (secondary N) is 1. The number of aryl methyl sites for hydroxylation is 2. The van der Waals surface area contributed by atoms with Gasteiger partial charge in [-0.25, -0.2) is 9.97 Å². The average Bonchev–Trinajstić information content (AvgIpc) is 3.06. The number of hydrogen-bond donors (Lipinski definition) is 3. The number of aromatic hydroxyl groups is 1. The van der Waals surface area contributed by atoms with Gasteiger partial charge in [0, 0.05) is 11.3 Å². The van der Waals surface area contributed by atoms with Crippen LogP contribution in [0.5, 0.6) is 5.75 Å². The van der Waals surface area contributed by atoms with Gasteiger partial charge in [0.2, 0.25) is 0 Å². The molecule has 0 bridgehead atoms. The lowest BCUT2D eigenvalue weighted by Gasteiger charge is -2.08. The summed E-state index contributed by atoms with van der Waals surface area (Å²) in [4.78, 5) is 22.7. The highest BCUT2D eigenvalue weighted by Gasteiger charge is 2.24. The number of carbonyl (C=O) groups is 1. The van der Waals surface area contributed by atoms with Crippen molar-refractivity contribution in [3.63, 3.8) is 0 Å². The highest BCUT2D eigenvalue weighted by atomic mass is 16.3. The van der Waals surface area contributed by atoms with Crippen molar-refractivity contribution in [1.82, 2.24) is 14.6 Å². The first-order valence-corrected chi connectivity index (χ1v) is 10.7. The van der Waals surface area contributed by atoms with E-state index in [1.165, 1.54) is 10.9 Å². The van der Waals surface area contributed by atoms with Gasteiger partial charge in [0.25, 0.3) is 5.91 Å². The normalized spacial score (nSPS) is 11.5. The van der Waals surface area contributed by atoms with E-state index < -0.39 is 5.91 Å². The minimum absolute atomic E-state index is 0.0746. The molecule has 2 aromatic heterocycles. The van der Waals surface area contributed by atoms with Crippen LogP contribution in [0.25, 0.3) is 22.2 Å². The van der Waals surface area contributed by atoms with Gasteiger partial charge in [-0.15, -0.1) is 0 Å². The van der Waals surface area contributed by atoms with Crippen LogP contribution in [0.15, 0.2) is 71.8 Å². The number of nitrogens with two attached hydrogens (primary N) is 1. The molecule has 8 heteroatoms. The number of phenolic OH excluding ortho intramolecular Hbond substituents is 1. The van der Waals surface area contributed by atoms with Crippen LogP contribution in [0.3, 0.4) is 0 Å². The number of hydrogen-bond acceptors (Lipinski definition) is 6. The number of nitrogen functional groups attached to an aromatic ring is 1. The van der Waals surface area contributed by atoms with Crippen molar-refractivity contribution >= 4 is 45.8 Å². The Labute approximate surface area is 195 Å². The number of phenols is 1. The molecule has 5 rings (SSSR count). The third-order valence-corrected chi connectivity index (χ3v) is 5.43. The lowest BCUT2D eigenvalue weighted by Crippen LogP contribution is -2.14. The molecule has 0 aliphatic carbocycles. The van der Waals surface area contributed by atoms with Crippen LogP contribution in [0.1, 0.15) is 27.0 Å². The fourth-order valence-electron chi connectivity index (χ4n) is 3.95. The standard InChI is InChI=1S/C26H22N6O2/c1-15-11-16(2)13-18(12-15)29-26(34)22-23-25(31-20-9-5-4-8-19(20)30-23)32(24(22)27)28-14-17-7-3-6-10-21(17)33/h3-14,33H,27H2,1-2H3,(H,29,34)/b28-14+. The number of fused-ring (bicyclic) bond motifs is 2. The van der Waals surface area contributed by atoms with Crippen LogP contribution in [-0.4, -0.2) is 31.9 Å². The van der Waals surface area contributed by atoms with E-state index in [-0.39, 0.29) is 17.1 Å². The van der Waals surface area contributed by atoms with E-state index >= 15 is 0 Å². The number of amides is 1. The maximum Gasteiger partial charge on any atom is 0.261 e. The third kappa shape index (κ3) is 3.81. The predicted octanol–water partition coefficient (Wildman–Crippen LogP) is 4.62. The molecule has 5 aromatic rings. The van der Waals surface area contributed by atoms with E-state index in [1.807, 2.05) is 56.3 Å². The summed E-state index contributed by atoms with van der Waals surface area (Å²) in [7, 11) is 0. The molecule has 1 amide bonds. The van der Waals surface area contributed by atoms with Crippen LogP contribution in [0.4, 0.5) is 11.5 Å². The molecule has 0 saturated heterocycles. The van der Waals surface area contributed by atoms with E-state index in [4.69, 9.17) is 5.73 Å². The molecule has 0 radical (unpaired) electrons. The van der Waals surface area contributed by atoms with Crippen LogP contribution < -0.4 is 11.1 Å². The molecule has 0 fully saturated rings. The number of carbonyl (C=O) groups excluding carboxylic acids is 1. The molecule has 0 atom stereocenters. The van der Waals surface area contributed by atoms with Crippen LogP contribution in [0.2, 0.25) is 0 Å². The van der Waals surface area contributed by atoms with Crippen LogP contribution in [0, 0.1) is 13.8 Å². The number of para-hydroxylation sites is 3. The topological polar surface area (TPSA) is 118 Å². The van der Waals surface area contributed by atoms with Gasteiger partial charge >= 0.3 is 0 Å². The summed E-state index contributed by atoms with van der Waals surface area (Å²) in [6, 6.07) is 20.0. The van der Waals surface area contributed by atoms with E-state index in [9.17, 15) is 9.90 Å². The molecule has 0 saturated carbocycles. The Morgan fingerprint density at radius 1 is 1.00 bits per heavy atom. The number of benzene rings is 3. The number of nitrogens with zero attached hydrogens (tertiary/aromatic N) is 4. The lowest BCUT2D eigenvalue weighted by molar-refractivity contribution is 0.102. The van der Waals surface area contributed by atoms with Crippen LogP contribution >= 0.6 is 0 Å². The Bertz CT molecular complexity index is 1580. The van der Waals surface area contributed by atoms with Crippen molar-refractivity contribution in [1.29, 1.82) is 0 Å². The van der Waals surface area contributed by atoms with Gasteiger partial charge < -0.3 is 16.2 Å². The van der Waals surface area contributed by atoms with Gasteiger partial charge in [-0.1, -0.05) is 30.3 Å². The Balaban J connectivity index is 1.67. The summed E-state index contributed by atoms with van der Waals surface area (Å²) < 4.78 is 1.37. The quantitative estimate of drug-likeness (QED) is 0.345. The number of rotatable bonds is 4. The van der Waals surface area contributed by atoms with Crippen molar-refractivity contribution in [2.24, 2.45) is 5.10 Å². The summed E-state index contributed by atoms with van der Waals surface area (Å²) in [6.07, 6.45) is 1.47. The SMILES string of the molecule is Cc1cc(C)cc(NC(=O)c2c(N)n(/N=C/c3ccccc3O)c3nc4ccccc4nc23)c1. The zero-order valence-corrected chi connectivity index (χ0v) is 18.6. The van der Waals surface area contributed by atoms with E-state index in [0.717, 1.165) is 11.1 Å². The fourth-order valence-corrected chi connectivity index (χ4v) is 3.95. The molecule has 0 aliphatic rings. The van der Waals surface area contributed by atoms with Crippen molar-refractivity contribution < 1.29 is 9.90 Å². The molecule has 2 heterocycles. The van der Waals surface area contributed by atoms with E-state index in [2.05, 4.69) is 20.4 Å². The Hall–Kier alpha value is -4.72. The van der Waals surface area contributed by atoms with Gasteiger partial charge in [-0.3, -0.25) is 4.79 Å². The van der Waals surface area contributed by atoms with Gasteiger partial charge in [-0.2, -0.15) is 9.78 Å². The summed E-state index contributed by atoms with van der Waals surface area (Å²) in [5, 5.41) is 17.5.